The van der Waals surface area contributed by atoms with E-state index in [1.165, 1.54) is 0 Å². The largest absolute Gasteiger partial charge is 0.391 e. The van der Waals surface area contributed by atoms with Crippen LogP contribution in [0, 0.1) is 5.92 Å². The van der Waals surface area contributed by atoms with Gasteiger partial charge in [-0.3, -0.25) is 4.79 Å². The Labute approximate surface area is 86.1 Å². The van der Waals surface area contributed by atoms with Gasteiger partial charge >= 0.3 is 0 Å². The highest BCUT2D eigenvalue weighted by molar-refractivity contribution is 5.76. The van der Waals surface area contributed by atoms with Crippen molar-refractivity contribution >= 4 is 5.91 Å². The normalized spacial score (nSPS) is 24.8. The molecule has 1 fully saturated rings. The standard InChI is InChI=1S/C11H21NO2/c1-3-9(2)7-11(14)12-6-4-5-10(13)8-12/h9-10,13H,3-8H2,1-2H3/t9-,10+/m0/s1. The van der Waals surface area contributed by atoms with Crippen molar-refractivity contribution in [1.29, 1.82) is 0 Å². The summed E-state index contributed by atoms with van der Waals surface area (Å²) in [4.78, 5) is 13.5. The molecule has 0 aliphatic carbocycles. The molecule has 0 bridgehead atoms. The van der Waals surface area contributed by atoms with Crippen LogP contribution in [-0.4, -0.2) is 35.1 Å². The minimum Gasteiger partial charge on any atom is -0.391 e. The molecular weight excluding hydrogens is 178 g/mol. The van der Waals surface area contributed by atoms with Crippen LogP contribution in [0.4, 0.5) is 0 Å². The van der Waals surface area contributed by atoms with Gasteiger partial charge in [0.25, 0.3) is 0 Å². The summed E-state index contributed by atoms with van der Waals surface area (Å²) in [7, 11) is 0. The number of likely N-dealkylation sites (tertiary alicyclic amines) is 1. The summed E-state index contributed by atoms with van der Waals surface area (Å²) in [6.07, 6.45) is 3.15. The zero-order valence-corrected chi connectivity index (χ0v) is 9.20. The van der Waals surface area contributed by atoms with E-state index in [1.807, 2.05) is 0 Å². The fourth-order valence-corrected chi connectivity index (χ4v) is 1.75. The van der Waals surface area contributed by atoms with Gasteiger partial charge in [0.05, 0.1) is 6.10 Å². The highest BCUT2D eigenvalue weighted by atomic mass is 16.3. The average Bonchev–Trinajstić information content (AvgIpc) is 2.17. The lowest BCUT2D eigenvalue weighted by Gasteiger charge is -2.30. The summed E-state index contributed by atoms with van der Waals surface area (Å²) >= 11 is 0. The van der Waals surface area contributed by atoms with Gasteiger partial charge in [0.1, 0.15) is 0 Å². The number of piperidine rings is 1. The van der Waals surface area contributed by atoms with Crippen molar-refractivity contribution in [3.05, 3.63) is 0 Å². The number of hydrogen-bond acceptors (Lipinski definition) is 2. The molecule has 0 aromatic carbocycles. The summed E-state index contributed by atoms with van der Waals surface area (Å²) in [6.45, 7) is 5.56. The zero-order chi connectivity index (χ0) is 10.6. The Bertz CT molecular complexity index is 194. The van der Waals surface area contributed by atoms with Crippen molar-refractivity contribution in [2.45, 2.75) is 45.6 Å². The molecular formula is C11H21NO2. The Morgan fingerprint density at radius 3 is 2.93 bits per heavy atom. The number of carbonyl (C=O) groups is 1. The molecule has 1 aliphatic rings. The van der Waals surface area contributed by atoms with E-state index in [0.717, 1.165) is 25.8 Å². The Morgan fingerprint density at radius 1 is 1.64 bits per heavy atom. The third-order valence-electron chi connectivity index (χ3n) is 2.97. The third kappa shape index (κ3) is 3.29. The molecule has 14 heavy (non-hydrogen) atoms. The molecule has 0 spiro atoms. The molecule has 0 unspecified atom stereocenters. The second-order valence-electron chi connectivity index (χ2n) is 4.35. The van der Waals surface area contributed by atoms with Gasteiger partial charge in [-0.1, -0.05) is 20.3 Å². The van der Waals surface area contributed by atoms with Crippen LogP contribution < -0.4 is 0 Å². The van der Waals surface area contributed by atoms with Crippen LogP contribution in [0.1, 0.15) is 39.5 Å². The van der Waals surface area contributed by atoms with E-state index in [-0.39, 0.29) is 12.0 Å². The second kappa shape index (κ2) is 5.35. The van der Waals surface area contributed by atoms with E-state index in [2.05, 4.69) is 13.8 Å². The molecule has 3 nitrogen and oxygen atoms in total. The first-order chi connectivity index (χ1) is 6.63. The monoisotopic (exact) mass is 199 g/mol. The summed E-state index contributed by atoms with van der Waals surface area (Å²) in [5, 5.41) is 9.43. The van der Waals surface area contributed by atoms with Crippen molar-refractivity contribution in [3.63, 3.8) is 0 Å². The number of amides is 1. The lowest BCUT2D eigenvalue weighted by molar-refractivity contribution is -0.135. The number of rotatable bonds is 3. The first kappa shape index (κ1) is 11.5. The number of hydrogen-bond donors (Lipinski definition) is 1. The van der Waals surface area contributed by atoms with Crippen LogP contribution in [0.5, 0.6) is 0 Å². The predicted molar refractivity (Wildman–Crippen MR) is 55.9 cm³/mol. The van der Waals surface area contributed by atoms with Crippen LogP contribution in [0.2, 0.25) is 0 Å². The van der Waals surface area contributed by atoms with Crippen molar-refractivity contribution in [1.82, 2.24) is 4.90 Å². The van der Waals surface area contributed by atoms with Crippen LogP contribution in [0.15, 0.2) is 0 Å². The van der Waals surface area contributed by atoms with Gasteiger partial charge in [-0.25, -0.2) is 0 Å². The van der Waals surface area contributed by atoms with E-state index in [0.29, 0.717) is 18.9 Å². The molecule has 1 amide bonds. The number of nitrogens with zero attached hydrogens (tertiary/aromatic N) is 1. The van der Waals surface area contributed by atoms with Crippen LogP contribution in [0.25, 0.3) is 0 Å². The first-order valence-corrected chi connectivity index (χ1v) is 5.59. The summed E-state index contributed by atoms with van der Waals surface area (Å²) in [5.41, 5.74) is 0. The van der Waals surface area contributed by atoms with Gasteiger partial charge in [0.15, 0.2) is 0 Å². The quantitative estimate of drug-likeness (QED) is 0.746. The molecule has 1 heterocycles. The maximum absolute atomic E-state index is 11.7. The van der Waals surface area contributed by atoms with E-state index < -0.39 is 0 Å². The van der Waals surface area contributed by atoms with Gasteiger partial charge in [-0.2, -0.15) is 0 Å². The van der Waals surface area contributed by atoms with E-state index >= 15 is 0 Å². The van der Waals surface area contributed by atoms with Gasteiger partial charge in [-0.15, -0.1) is 0 Å². The first-order valence-electron chi connectivity index (χ1n) is 5.59. The van der Waals surface area contributed by atoms with Crippen molar-refractivity contribution < 1.29 is 9.90 Å². The van der Waals surface area contributed by atoms with Gasteiger partial charge in [0.2, 0.25) is 5.91 Å². The molecule has 82 valence electrons. The molecule has 0 radical (unpaired) electrons. The average molecular weight is 199 g/mol. The van der Waals surface area contributed by atoms with Crippen molar-refractivity contribution in [2.24, 2.45) is 5.92 Å². The van der Waals surface area contributed by atoms with Crippen LogP contribution in [0.3, 0.4) is 0 Å². The van der Waals surface area contributed by atoms with Crippen LogP contribution in [-0.2, 0) is 4.79 Å². The Hall–Kier alpha value is -0.570. The molecule has 1 aliphatic heterocycles. The highest BCUT2D eigenvalue weighted by Crippen LogP contribution is 2.14. The number of β-amino-alcohol motifs (C(OH)–C–C–N with tert-alkyl or cyclic N) is 1. The van der Waals surface area contributed by atoms with E-state index in [1.54, 1.807) is 4.90 Å². The van der Waals surface area contributed by atoms with Gasteiger partial charge in [-0.05, 0) is 18.8 Å². The minimum absolute atomic E-state index is 0.207. The van der Waals surface area contributed by atoms with E-state index in [9.17, 15) is 9.90 Å². The minimum atomic E-state index is -0.301. The Morgan fingerprint density at radius 2 is 2.36 bits per heavy atom. The van der Waals surface area contributed by atoms with Crippen LogP contribution >= 0.6 is 0 Å². The molecule has 0 aromatic heterocycles. The van der Waals surface area contributed by atoms with Crippen molar-refractivity contribution in [2.75, 3.05) is 13.1 Å². The second-order valence-corrected chi connectivity index (χ2v) is 4.35. The maximum Gasteiger partial charge on any atom is 0.222 e. The topological polar surface area (TPSA) is 40.5 Å². The number of aliphatic hydroxyl groups is 1. The number of carbonyl (C=O) groups excluding carboxylic acids is 1. The molecule has 2 atom stereocenters. The van der Waals surface area contributed by atoms with Crippen molar-refractivity contribution in [3.8, 4) is 0 Å². The smallest absolute Gasteiger partial charge is 0.222 e. The predicted octanol–water partition coefficient (Wildman–Crippen LogP) is 1.41. The van der Waals surface area contributed by atoms with Gasteiger partial charge in [0, 0.05) is 19.5 Å². The molecule has 1 rings (SSSR count). The lowest BCUT2D eigenvalue weighted by atomic mass is 10.0. The molecule has 0 aromatic rings. The zero-order valence-electron chi connectivity index (χ0n) is 9.20. The fraction of sp³-hybridized carbons (Fsp3) is 0.909. The summed E-state index contributed by atoms with van der Waals surface area (Å²) in [5.74, 6) is 0.666. The van der Waals surface area contributed by atoms with E-state index in [4.69, 9.17) is 0 Å². The maximum atomic E-state index is 11.7. The lowest BCUT2D eigenvalue weighted by Crippen LogP contribution is -2.42. The molecule has 0 saturated carbocycles. The summed E-state index contributed by atoms with van der Waals surface area (Å²) in [6, 6.07) is 0. The SMILES string of the molecule is CC[C@H](C)CC(=O)N1CCC[C@@H](O)C1. The Kier molecular flexibility index (Phi) is 4.39. The molecule has 3 heteroatoms. The summed E-state index contributed by atoms with van der Waals surface area (Å²) < 4.78 is 0. The third-order valence-corrected chi connectivity index (χ3v) is 2.97. The highest BCUT2D eigenvalue weighted by Gasteiger charge is 2.22. The molecule has 1 saturated heterocycles. The van der Waals surface area contributed by atoms with Gasteiger partial charge < -0.3 is 10.0 Å². The fourth-order valence-electron chi connectivity index (χ4n) is 1.75. The Balaban J connectivity index is 2.36. The molecule has 1 N–H and O–H groups in total. The number of aliphatic hydroxyl groups excluding tert-OH is 1.